The van der Waals surface area contributed by atoms with Crippen LogP contribution in [0.4, 0.5) is 24.8 Å². The van der Waals surface area contributed by atoms with Crippen LogP contribution < -0.4 is 10.2 Å². The van der Waals surface area contributed by atoms with Crippen LogP contribution in [0.3, 0.4) is 0 Å². The predicted molar refractivity (Wildman–Crippen MR) is 83.8 cm³/mol. The smallest absolute Gasteiger partial charge is 0.378 e. The third kappa shape index (κ3) is 3.94. The van der Waals surface area contributed by atoms with Gasteiger partial charge in [0.25, 0.3) is 0 Å². The van der Waals surface area contributed by atoms with E-state index in [-0.39, 0.29) is 12.4 Å². The first kappa shape index (κ1) is 16.5. The van der Waals surface area contributed by atoms with Crippen molar-refractivity contribution in [3.05, 3.63) is 47.8 Å². The zero-order valence-electron chi connectivity index (χ0n) is 12.9. The molecule has 2 aromatic heterocycles. The number of rotatable bonds is 4. The van der Waals surface area contributed by atoms with Gasteiger partial charge in [-0.3, -0.25) is 0 Å². The number of alkyl halides is 3. The highest BCUT2D eigenvalue weighted by Gasteiger charge is 2.33. The predicted octanol–water partition coefficient (Wildman–Crippen LogP) is 2.94. The number of ether oxygens (including phenoxy) is 1. The maximum Gasteiger partial charge on any atom is 0.419 e. The molecule has 128 valence electrons. The second-order valence-electron chi connectivity index (χ2n) is 5.37. The SMILES string of the molecule is FC(F)(F)c1cccnc1NCc1ccnc(N2CCOCC2)c1. The number of aromatic nitrogens is 2. The lowest BCUT2D eigenvalue weighted by Crippen LogP contribution is -2.36. The molecule has 1 saturated heterocycles. The zero-order chi connectivity index (χ0) is 17.0. The monoisotopic (exact) mass is 338 g/mol. The van der Waals surface area contributed by atoms with Gasteiger partial charge >= 0.3 is 6.18 Å². The van der Waals surface area contributed by atoms with Crippen LogP contribution in [-0.4, -0.2) is 36.3 Å². The molecule has 0 atom stereocenters. The van der Waals surface area contributed by atoms with Gasteiger partial charge in [-0.2, -0.15) is 13.2 Å². The van der Waals surface area contributed by atoms with Gasteiger partial charge in [-0.15, -0.1) is 0 Å². The summed E-state index contributed by atoms with van der Waals surface area (Å²) in [6.45, 7) is 3.03. The van der Waals surface area contributed by atoms with E-state index in [9.17, 15) is 13.2 Å². The highest BCUT2D eigenvalue weighted by Crippen LogP contribution is 2.33. The second-order valence-corrected chi connectivity index (χ2v) is 5.37. The normalized spacial score (nSPS) is 15.4. The molecule has 8 heteroatoms. The first-order valence-corrected chi connectivity index (χ1v) is 7.58. The van der Waals surface area contributed by atoms with Crippen molar-refractivity contribution in [3.8, 4) is 0 Å². The van der Waals surface area contributed by atoms with E-state index in [4.69, 9.17) is 4.74 Å². The summed E-state index contributed by atoms with van der Waals surface area (Å²) in [6.07, 6.45) is -1.44. The minimum absolute atomic E-state index is 0.172. The Hall–Kier alpha value is -2.35. The fraction of sp³-hybridized carbons (Fsp3) is 0.375. The Kier molecular flexibility index (Phi) is 4.84. The van der Waals surface area contributed by atoms with Crippen LogP contribution in [0.15, 0.2) is 36.7 Å². The minimum Gasteiger partial charge on any atom is -0.378 e. The number of pyridine rings is 2. The molecule has 0 aromatic carbocycles. The van der Waals surface area contributed by atoms with Crippen LogP contribution in [0.25, 0.3) is 0 Å². The first-order valence-electron chi connectivity index (χ1n) is 7.58. The number of morpholine rings is 1. The van der Waals surface area contributed by atoms with E-state index >= 15 is 0 Å². The third-order valence-electron chi connectivity index (χ3n) is 3.72. The molecule has 0 aliphatic carbocycles. The fourth-order valence-electron chi connectivity index (χ4n) is 2.50. The summed E-state index contributed by atoms with van der Waals surface area (Å²) in [5.74, 6) is 0.629. The maximum absolute atomic E-state index is 13.0. The van der Waals surface area contributed by atoms with Gasteiger partial charge in [-0.25, -0.2) is 9.97 Å². The molecule has 3 heterocycles. The fourth-order valence-corrected chi connectivity index (χ4v) is 2.50. The van der Waals surface area contributed by atoms with E-state index in [0.29, 0.717) is 13.2 Å². The van der Waals surface area contributed by atoms with Crippen molar-refractivity contribution in [2.24, 2.45) is 0 Å². The molecule has 0 saturated carbocycles. The van der Waals surface area contributed by atoms with Crippen molar-refractivity contribution in [2.75, 3.05) is 36.5 Å². The summed E-state index contributed by atoms with van der Waals surface area (Å²) >= 11 is 0. The van der Waals surface area contributed by atoms with Crippen LogP contribution in [0.1, 0.15) is 11.1 Å². The molecule has 1 N–H and O–H groups in total. The Morgan fingerprint density at radius 3 is 2.67 bits per heavy atom. The van der Waals surface area contributed by atoms with Crippen LogP contribution >= 0.6 is 0 Å². The van der Waals surface area contributed by atoms with Gasteiger partial charge in [0.1, 0.15) is 11.6 Å². The van der Waals surface area contributed by atoms with Gasteiger partial charge in [0, 0.05) is 32.0 Å². The Morgan fingerprint density at radius 2 is 1.92 bits per heavy atom. The Balaban J connectivity index is 1.71. The van der Waals surface area contributed by atoms with Crippen molar-refractivity contribution in [3.63, 3.8) is 0 Å². The highest BCUT2D eigenvalue weighted by atomic mass is 19.4. The van der Waals surface area contributed by atoms with Crippen molar-refractivity contribution < 1.29 is 17.9 Å². The molecular formula is C16H17F3N4O. The summed E-state index contributed by atoms with van der Waals surface area (Å²) < 4.78 is 44.2. The minimum atomic E-state index is -4.44. The molecule has 1 aliphatic rings. The zero-order valence-corrected chi connectivity index (χ0v) is 12.9. The number of nitrogens with zero attached hydrogens (tertiary/aromatic N) is 3. The van der Waals surface area contributed by atoms with E-state index in [1.165, 1.54) is 12.3 Å². The van der Waals surface area contributed by atoms with Crippen LogP contribution in [0.5, 0.6) is 0 Å². The van der Waals surface area contributed by atoms with Crippen molar-refractivity contribution in [1.82, 2.24) is 9.97 Å². The van der Waals surface area contributed by atoms with Crippen LogP contribution in [-0.2, 0) is 17.5 Å². The molecule has 24 heavy (non-hydrogen) atoms. The van der Waals surface area contributed by atoms with Gasteiger partial charge < -0.3 is 15.0 Å². The standard InChI is InChI=1S/C16H17F3N4O/c17-16(18,19)13-2-1-4-21-15(13)22-11-12-3-5-20-14(10-12)23-6-8-24-9-7-23/h1-5,10H,6-9,11H2,(H,21,22). The Labute approximate surface area is 137 Å². The van der Waals surface area contributed by atoms with Crippen molar-refractivity contribution in [1.29, 1.82) is 0 Å². The third-order valence-corrected chi connectivity index (χ3v) is 3.72. The van der Waals surface area contributed by atoms with Crippen molar-refractivity contribution in [2.45, 2.75) is 12.7 Å². The molecular weight excluding hydrogens is 321 g/mol. The lowest BCUT2D eigenvalue weighted by Gasteiger charge is -2.28. The Bertz CT molecular complexity index is 687. The lowest BCUT2D eigenvalue weighted by atomic mass is 10.2. The van der Waals surface area contributed by atoms with E-state index in [1.807, 2.05) is 6.07 Å². The van der Waals surface area contributed by atoms with Crippen molar-refractivity contribution >= 4 is 11.6 Å². The molecule has 0 bridgehead atoms. The molecule has 0 unspecified atom stereocenters. The molecule has 0 spiro atoms. The maximum atomic E-state index is 13.0. The van der Waals surface area contributed by atoms with E-state index in [1.54, 1.807) is 12.3 Å². The quantitative estimate of drug-likeness (QED) is 0.929. The largest absolute Gasteiger partial charge is 0.419 e. The Morgan fingerprint density at radius 1 is 1.12 bits per heavy atom. The van der Waals surface area contributed by atoms with E-state index in [0.717, 1.165) is 30.5 Å². The van der Waals surface area contributed by atoms with E-state index < -0.39 is 11.7 Å². The van der Waals surface area contributed by atoms with Gasteiger partial charge in [0.2, 0.25) is 0 Å². The highest BCUT2D eigenvalue weighted by molar-refractivity contribution is 5.47. The molecule has 2 aromatic rings. The number of hydrogen-bond donors (Lipinski definition) is 1. The molecule has 1 aliphatic heterocycles. The molecule has 3 rings (SSSR count). The number of nitrogens with one attached hydrogen (secondary N) is 1. The van der Waals surface area contributed by atoms with E-state index in [2.05, 4.69) is 20.2 Å². The summed E-state index contributed by atoms with van der Waals surface area (Å²) in [5, 5.41) is 2.76. The average Bonchev–Trinajstić information content (AvgIpc) is 2.60. The molecule has 0 radical (unpaired) electrons. The topological polar surface area (TPSA) is 50.3 Å². The number of anilines is 2. The summed E-state index contributed by atoms with van der Waals surface area (Å²) in [4.78, 5) is 10.2. The number of hydrogen-bond acceptors (Lipinski definition) is 5. The lowest BCUT2D eigenvalue weighted by molar-refractivity contribution is -0.137. The van der Waals surface area contributed by atoms with Crippen LogP contribution in [0.2, 0.25) is 0 Å². The van der Waals surface area contributed by atoms with Gasteiger partial charge in [-0.05, 0) is 29.8 Å². The second kappa shape index (κ2) is 7.04. The summed E-state index contributed by atoms with van der Waals surface area (Å²) in [7, 11) is 0. The molecule has 1 fully saturated rings. The first-order chi connectivity index (χ1) is 11.5. The van der Waals surface area contributed by atoms with Gasteiger partial charge in [0.15, 0.2) is 0 Å². The number of halogens is 3. The molecule has 5 nitrogen and oxygen atoms in total. The van der Waals surface area contributed by atoms with Gasteiger partial charge in [0.05, 0.1) is 18.8 Å². The summed E-state index contributed by atoms with van der Waals surface area (Å²) in [5.41, 5.74) is 0.0673. The van der Waals surface area contributed by atoms with Crippen LogP contribution in [0, 0.1) is 0 Å². The van der Waals surface area contributed by atoms with Gasteiger partial charge in [-0.1, -0.05) is 0 Å². The average molecular weight is 338 g/mol. The molecule has 0 amide bonds. The summed E-state index contributed by atoms with van der Waals surface area (Å²) in [6, 6.07) is 5.93.